The average molecular weight is 530 g/mol. The van der Waals surface area contributed by atoms with Crippen LogP contribution in [0.4, 0.5) is 4.39 Å². The van der Waals surface area contributed by atoms with Crippen molar-refractivity contribution in [3.05, 3.63) is 53.7 Å². The minimum absolute atomic E-state index is 0. The molecule has 1 atom stereocenters. The van der Waals surface area contributed by atoms with Crippen molar-refractivity contribution >= 4 is 29.9 Å². The monoisotopic (exact) mass is 530 g/mol. The Labute approximate surface area is 195 Å². The van der Waals surface area contributed by atoms with E-state index >= 15 is 0 Å². The molecule has 30 heavy (non-hydrogen) atoms. The van der Waals surface area contributed by atoms with Gasteiger partial charge >= 0.3 is 0 Å². The summed E-state index contributed by atoms with van der Waals surface area (Å²) in [5.74, 6) is 1.54. The van der Waals surface area contributed by atoms with E-state index in [2.05, 4.69) is 20.5 Å². The minimum atomic E-state index is -0.374. The van der Waals surface area contributed by atoms with Gasteiger partial charge in [-0.15, -0.1) is 24.0 Å². The van der Waals surface area contributed by atoms with E-state index in [1.54, 1.807) is 12.3 Å². The molecule has 8 heteroatoms. The highest BCUT2D eigenvalue weighted by Gasteiger charge is 2.24. The number of halogens is 2. The number of methoxy groups -OCH3 is 1. The number of hydrogen-bond donors (Lipinski definition) is 2. The normalized spacial score (nSPS) is 15.9. The molecule has 1 aromatic carbocycles. The van der Waals surface area contributed by atoms with E-state index in [0.717, 1.165) is 31.0 Å². The Kier molecular flexibility index (Phi) is 10.4. The largest absolute Gasteiger partial charge is 0.494 e. The number of guanidine groups is 1. The number of aliphatic imine (C=N–C) groups is 1. The minimum Gasteiger partial charge on any atom is -0.494 e. The van der Waals surface area contributed by atoms with E-state index in [4.69, 9.17) is 9.15 Å². The third-order valence-electron chi connectivity index (χ3n) is 5.15. The molecule has 1 aliphatic heterocycles. The summed E-state index contributed by atoms with van der Waals surface area (Å²) in [6.07, 6.45) is 5.45. The summed E-state index contributed by atoms with van der Waals surface area (Å²) in [5.41, 5.74) is 0.791. The molecule has 0 aliphatic carbocycles. The maximum absolute atomic E-state index is 13.9. The third-order valence-corrected chi connectivity index (χ3v) is 5.15. The molecule has 1 saturated heterocycles. The molecule has 166 valence electrons. The summed E-state index contributed by atoms with van der Waals surface area (Å²) in [6, 6.07) is 9.05. The van der Waals surface area contributed by atoms with E-state index in [0.29, 0.717) is 19.0 Å². The van der Waals surface area contributed by atoms with Gasteiger partial charge in [0.2, 0.25) is 0 Å². The zero-order valence-electron chi connectivity index (χ0n) is 17.7. The Bertz CT molecular complexity index is 779. The lowest BCUT2D eigenvalue weighted by Crippen LogP contribution is -2.44. The van der Waals surface area contributed by atoms with Gasteiger partial charge in [0.05, 0.1) is 26.0 Å². The SMILES string of the molecule is CCNC(=NCc1ccc(OC)c(F)c1)NCC(c1ccco1)N1CCCCC1.I. The number of hydrogen-bond acceptors (Lipinski definition) is 4. The lowest BCUT2D eigenvalue weighted by atomic mass is 10.1. The summed E-state index contributed by atoms with van der Waals surface area (Å²) in [4.78, 5) is 7.09. The van der Waals surface area contributed by atoms with Crippen molar-refractivity contribution in [2.24, 2.45) is 4.99 Å². The van der Waals surface area contributed by atoms with Crippen molar-refractivity contribution in [3.8, 4) is 5.75 Å². The van der Waals surface area contributed by atoms with Crippen LogP contribution < -0.4 is 15.4 Å². The van der Waals surface area contributed by atoms with E-state index in [9.17, 15) is 4.39 Å². The molecule has 0 spiro atoms. The molecule has 3 rings (SSSR count). The Hall–Kier alpha value is -1.81. The average Bonchev–Trinajstić information content (AvgIpc) is 3.27. The topological polar surface area (TPSA) is 62.0 Å². The lowest BCUT2D eigenvalue weighted by Gasteiger charge is -2.33. The molecule has 1 fully saturated rings. The number of rotatable bonds is 8. The molecular formula is C22H32FIN4O2. The summed E-state index contributed by atoms with van der Waals surface area (Å²) in [6.45, 7) is 6.00. The second-order valence-corrected chi connectivity index (χ2v) is 7.17. The van der Waals surface area contributed by atoms with Gasteiger partial charge in [-0.05, 0) is 62.7 Å². The molecule has 2 aromatic rings. The van der Waals surface area contributed by atoms with Crippen molar-refractivity contribution in [1.29, 1.82) is 0 Å². The van der Waals surface area contributed by atoms with Crippen molar-refractivity contribution in [1.82, 2.24) is 15.5 Å². The maximum atomic E-state index is 13.9. The van der Waals surface area contributed by atoms with Crippen LogP contribution in [0.5, 0.6) is 5.75 Å². The number of nitrogens with zero attached hydrogens (tertiary/aromatic N) is 2. The first-order valence-electron chi connectivity index (χ1n) is 10.3. The molecular weight excluding hydrogens is 498 g/mol. The zero-order chi connectivity index (χ0) is 20.5. The molecule has 0 bridgehead atoms. The summed E-state index contributed by atoms with van der Waals surface area (Å²) in [7, 11) is 1.46. The Morgan fingerprint density at radius 2 is 2.03 bits per heavy atom. The van der Waals surface area contributed by atoms with E-state index < -0.39 is 0 Å². The Morgan fingerprint density at radius 3 is 2.67 bits per heavy atom. The van der Waals surface area contributed by atoms with Crippen LogP contribution in [0.1, 0.15) is 43.6 Å². The fourth-order valence-corrected chi connectivity index (χ4v) is 3.63. The molecule has 0 saturated carbocycles. The van der Waals surface area contributed by atoms with Gasteiger partial charge in [-0.2, -0.15) is 0 Å². The molecule has 0 amide bonds. The number of furan rings is 1. The van der Waals surface area contributed by atoms with Crippen molar-refractivity contribution < 1.29 is 13.5 Å². The van der Waals surface area contributed by atoms with Crippen LogP contribution in [0, 0.1) is 5.82 Å². The fourth-order valence-electron chi connectivity index (χ4n) is 3.63. The first-order chi connectivity index (χ1) is 14.2. The van der Waals surface area contributed by atoms with Gasteiger partial charge in [0.1, 0.15) is 5.76 Å². The second-order valence-electron chi connectivity index (χ2n) is 7.17. The maximum Gasteiger partial charge on any atom is 0.191 e. The van der Waals surface area contributed by atoms with E-state index in [-0.39, 0.29) is 41.6 Å². The van der Waals surface area contributed by atoms with Gasteiger partial charge in [-0.1, -0.05) is 12.5 Å². The molecule has 1 unspecified atom stereocenters. The van der Waals surface area contributed by atoms with Crippen LogP contribution in [0.15, 0.2) is 46.0 Å². The van der Waals surface area contributed by atoms with E-state index in [1.165, 1.54) is 32.4 Å². The molecule has 2 heterocycles. The van der Waals surface area contributed by atoms with E-state index in [1.807, 2.05) is 25.1 Å². The van der Waals surface area contributed by atoms with Gasteiger partial charge in [0.15, 0.2) is 17.5 Å². The van der Waals surface area contributed by atoms with Crippen LogP contribution in [0.25, 0.3) is 0 Å². The molecule has 2 N–H and O–H groups in total. The number of piperidine rings is 1. The fraction of sp³-hybridized carbons (Fsp3) is 0.500. The van der Waals surface area contributed by atoms with Gasteiger partial charge in [-0.3, -0.25) is 4.90 Å². The van der Waals surface area contributed by atoms with Crippen molar-refractivity contribution in [2.45, 2.75) is 38.8 Å². The quantitative estimate of drug-likeness (QED) is 0.303. The predicted octanol–water partition coefficient (Wildman–Crippen LogP) is 4.33. The number of ether oxygens (including phenoxy) is 1. The molecule has 6 nitrogen and oxygen atoms in total. The van der Waals surface area contributed by atoms with Crippen molar-refractivity contribution in [3.63, 3.8) is 0 Å². The van der Waals surface area contributed by atoms with Gasteiger partial charge < -0.3 is 19.8 Å². The summed E-state index contributed by atoms with van der Waals surface area (Å²) in [5, 5.41) is 6.70. The third kappa shape index (κ3) is 6.87. The van der Waals surface area contributed by atoms with Gasteiger partial charge in [0.25, 0.3) is 0 Å². The highest BCUT2D eigenvalue weighted by atomic mass is 127. The second kappa shape index (κ2) is 12.8. The smallest absolute Gasteiger partial charge is 0.191 e. The predicted molar refractivity (Wildman–Crippen MR) is 128 cm³/mol. The molecule has 0 radical (unpaired) electrons. The van der Waals surface area contributed by atoms with Crippen LogP contribution in [-0.2, 0) is 6.54 Å². The summed E-state index contributed by atoms with van der Waals surface area (Å²) >= 11 is 0. The van der Waals surface area contributed by atoms with Crippen molar-refractivity contribution in [2.75, 3.05) is 33.3 Å². The van der Waals surface area contributed by atoms with Crippen LogP contribution in [0.2, 0.25) is 0 Å². The van der Waals surface area contributed by atoms with Gasteiger partial charge in [-0.25, -0.2) is 9.38 Å². The zero-order valence-corrected chi connectivity index (χ0v) is 20.0. The van der Waals surface area contributed by atoms with Crippen LogP contribution in [-0.4, -0.2) is 44.1 Å². The highest BCUT2D eigenvalue weighted by molar-refractivity contribution is 14.0. The standard InChI is InChI=1S/C22H31FN4O2.HI/c1-3-24-22(25-15-17-9-10-20(28-2)18(23)14-17)26-16-19(21-8-7-13-29-21)27-11-5-4-6-12-27;/h7-10,13-14,19H,3-6,11-12,15-16H2,1-2H3,(H2,24,25,26);1H. The number of benzene rings is 1. The molecule has 1 aliphatic rings. The summed E-state index contributed by atoms with van der Waals surface area (Å²) < 4.78 is 24.6. The number of nitrogens with one attached hydrogen (secondary N) is 2. The van der Waals surface area contributed by atoms with Crippen LogP contribution in [0.3, 0.4) is 0 Å². The lowest BCUT2D eigenvalue weighted by molar-refractivity contribution is 0.146. The van der Waals surface area contributed by atoms with Crippen LogP contribution >= 0.6 is 24.0 Å². The first-order valence-corrected chi connectivity index (χ1v) is 10.3. The van der Waals surface area contributed by atoms with Gasteiger partial charge in [0, 0.05) is 13.1 Å². The number of likely N-dealkylation sites (tertiary alicyclic amines) is 1. The molecule has 1 aromatic heterocycles. The highest BCUT2D eigenvalue weighted by Crippen LogP contribution is 2.24. The first kappa shape index (κ1) is 24.5. The Balaban J connectivity index is 0.00000320. The Morgan fingerprint density at radius 1 is 1.23 bits per heavy atom.